The Morgan fingerprint density at radius 2 is 1.67 bits per heavy atom. The van der Waals surface area contributed by atoms with E-state index >= 15 is 0 Å². The third-order valence-electron chi connectivity index (χ3n) is 3.64. The molecule has 2 aromatic rings. The van der Waals surface area contributed by atoms with Crippen molar-refractivity contribution in [1.82, 2.24) is 0 Å². The summed E-state index contributed by atoms with van der Waals surface area (Å²) in [6, 6.07) is 15.9. The van der Waals surface area contributed by atoms with Gasteiger partial charge in [-0.15, -0.1) is 0 Å². The van der Waals surface area contributed by atoms with Crippen LogP contribution in [0.2, 0.25) is 0 Å². The van der Waals surface area contributed by atoms with E-state index in [-0.39, 0.29) is 5.91 Å². The zero-order valence-corrected chi connectivity index (χ0v) is 12.7. The topological polar surface area (TPSA) is 46.3 Å². The van der Waals surface area contributed by atoms with E-state index < -0.39 is 0 Å². The lowest BCUT2D eigenvalue weighted by Crippen LogP contribution is -2.32. The van der Waals surface area contributed by atoms with Gasteiger partial charge in [0.15, 0.2) is 0 Å². The molecule has 110 valence electrons. The number of nitrogens with two attached hydrogens (primary N) is 1. The second-order valence-electron chi connectivity index (χ2n) is 5.12. The molecule has 0 saturated carbocycles. The largest absolute Gasteiger partial charge is 0.326 e. The van der Waals surface area contributed by atoms with Crippen LogP contribution in [0.15, 0.2) is 48.5 Å². The monoisotopic (exact) mass is 282 g/mol. The van der Waals surface area contributed by atoms with Crippen LogP contribution in [0.25, 0.3) is 0 Å². The molecule has 21 heavy (non-hydrogen) atoms. The average Bonchev–Trinajstić information content (AvgIpc) is 2.50. The summed E-state index contributed by atoms with van der Waals surface area (Å²) in [4.78, 5) is 14.4. The van der Waals surface area contributed by atoms with Gasteiger partial charge >= 0.3 is 0 Å². The molecule has 2 aromatic carbocycles. The number of para-hydroxylation sites is 1. The Morgan fingerprint density at radius 1 is 1.05 bits per heavy atom. The van der Waals surface area contributed by atoms with Crippen LogP contribution in [0.5, 0.6) is 0 Å². The number of aryl methyl sites for hydroxylation is 1. The first-order valence-electron chi connectivity index (χ1n) is 7.29. The molecule has 0 bridgehead atoms. The highest BCUT2D eigenvalue weighted by atomic mass is 16.2. The third-order valence-corrected chi connectivity index (χ3v) is 3.64. The number of amides is 1. The molecule has 0 heterocycles. The van der Waals surface area contributed by atoms with Gasteiger partial charge in [0.2, 0.25) is 5.91 Å². The fourth-order valence-corrected chi connectivity index (χ4v) is 2.41. The molecular formula is C18H22N2O. The van der Waals surface area contributed by atoms with Crippen molar-refractivity contribution in [3.8, 4) is 0 Å². The average molecular weight is 282 g/mol. The minimum absolute atomic E-state index is 0.118. The van der Waals surface area contributed by atoms with E-state index in [1.165, 1.54) is 0 Å². The van der Waals surface area contributed by atoms with Gasteiger partial charge in [-0.2, -0.15) is 0 Å². The summed E-state index contributed by atoms with van der Waals surface area (Å²) in [7, 11) is 0. The van der Waals surface area contributed by atoms with Gasteiger partial charge in [0.1, 0.15) is 0 Å². The second-order valence-corrected chi connectivity index (χ2v) is 5.12. The molecule has 0 saturated heterocycles. The molecular weight excluding hydrogens is 260 g/mol. The molecule has 0 aromatic heterocycles. The van der Waals surface area contributed by atoms with Crippen molar-refractivity contribution in [1.29, 1.82) is 0 Å². The molecule has 3 nitrogen and oxygen atoms in total. The summed E-state index contributed by atoms with van der Waals surface area (Å²) >= 11 is 0. The van der Waals surface area contributed by atoms with Crippen LogP contribution in [-0.4, -0.2) is 12.5 Å². The Morgan fingerprint density at radius 3 is 2.24 bits per heavy atom. The Balaban J connectivity index is 2.15. The predicted molar refractivity (Wildman–Crippen MR) is 87.2 cm³/mol. The molecule has 0 aliphatic rings. The van der Waals surface area contributed by atoms with E-state index in [0.29, 0.717) is 19.5 Å². The third kappa shape index (κ3) is 3.70. The Kier molecular flexibility index (Phi) is 5.12. The van der Waals surface area contributed by atoms with Crippen molar-refractivity contribution in [3.63, 3.8) is 0 Å². The van der Waals surface area contributed by atoms with E-state index in [1.54, 1.807) is 0 Å². The SMILES string of the molecule is CCN(C(=O)Cc1ccc(CN)cc1)c1ccccc1C. The highest BCUT2D eigenvalue weighted by Gasteiger charge is 2.15. The minimum atomic E-state index is 0.118. The van der Waals surface area contributed by atoms with Crippen molar-refractivity contribution in [2.75, 3.05) is 11.4 Å². The lowest BCUT2D eigenvalue weighted by molar-refractivity contribution is -0.117. The molecule has 1 amide bonds. The maximum Gasteiger partial charge on any atom is 0.231 e. The molecule has 0 fully saturated rings. The summed E-state index contributed by atoms with van der Waals surface area (Å²) in [5.41, 5.74) is 9.79. The number of anilines is 1. The van der Waals surface area contributed by atoms with Crippen LogP contribution in [0.3, 0.4) is 0 Å². The Bertz CT molecular complexity index is 605. The van der Waals surface area contributed by atoms with Gasteiger partial charge in [-0.3, -0.25) is 4.79 Å². The number of carbonyl (C=O) groups excluding carboxylic acids is 1. The Labute approximate surface area is 126 Å². The number of nitrogens with zero attached hydrogens (tertiary/aromatic N) is 1. The van der Waals surface area contributed by atoms with E-state index in [2.05, 4.69) is 0 Å². The van der Waals surface area contributed by atoms with Gasteiger partial charge in [-0.05, 0) is 36.6 Å². The van der Waals surface area contributed by atoms with E-state index in [4.69, 9.17) is 5.73 Å². The van der Waals surface area contributed by atoms with Gasteiger partial charge in [0.05, 0.1) is 6.42 Å². The summed E-state index contributed by atoms with van der Waals surface area (Å²) in [5, 5.41) is 0. The fraction of sp³-hybridized carbons (Fsp3) is 0.278. The highest BCUT2D eigenvalue weighted by Crippen LogP contribution is 2.20. The highest BCUT2D eigenvalue weighted by molar-refractivity contribution is 5.95. The molecule has 0 aliphatic heterocycles. The smallest absolute Gasteiger partial charge is 0.231 e. The number of benzene rings is 2. The molecule has 0 aliphatic carbocycles. The van der Waals surface area contributed by atoms with E-state index in [1.807, 2.05) is 67.3 Å². The van der Waals surface area contributed by atoms with Crippen molar-refractivity contribution in [2.24, 2.45) is 5.73 Å². The molecule has 3 heteroatoms. The van der Waals surface area contributed by atoms with Crippen LogP contribution in [-0.2, 0) is 17.8 Å². The number of likely N-dealkylation sites (N-methyl/N-ethyl adjacent to an activating group) is 1. The quantitative estimate of drug-likeness (QED) is 0.916. The maximum absolute atomic E-state index is 12.6. The van der Waals surface area contributed by atoms with E-state index in [9.17, 15) is 4.79 Å². The van der Waals surface area contributed by atoms with Crippen molar-refractivity contribution >= 4 is 11.6 Å². The number of hydrogen-bond acceptors (Lipinski definition) is 2. The maximum atomic E-state index is 12.6. The summed E-state index contributed by atoms with van der Waals surface area (Å²) < 4.78 is 0. The van der Waals surface area contributed by atoms with Crippen LogP contribution in [0.4, 0.5) is 5.69 Å². The van der Waals surface area contributed by atoms with Gasteiger partial charge in [0.25, 0.3) is 0 Å². The number of rotatable bonds is 5. The second kappa shape index (κ2) is 7.04. The van der Waals surface area contributed by atoms with Crippen LogP contribution < -0.4 is 10.6 Å². The van der Waals surface area contributed by atoms with Crippen LogP contribution in [0, 0.1) is 6.92 Å². The zero-order valence-electron chi connectivity index (χ0n) is 12.7. The molecule has 0 radical (unpaired) electrons. The summed E-state index contributed by atoms with van der Waals surface area (Å²) in [6.07, 6.45) is 0.410. The first-order valence-corrected chi connectivity index (χ1v) is 7.29. The minimum Gasteiger partial charge on any atom is -0.326 e. The Hall–Kier alpha value is -2.13. The fourth-order valence-electron chi connectivity index (χ4n) is 2.41. The molecule has 0 unspecified atom stereocenters. The standard InChI is InChI=1S/C18H22N2O/c1-3-20(17-7-5-4-6-14(17)2)18(21)12-15-8-10-16(13-19)11-9-15/h4-11H,3,12-13,19H2,1-2H3. The van der Waals surface area contributed by atoms with Crippen LogP contribution >= 0.6 is 0 Å². The van der Waals surface area contributed by atoms with Crippen molar-refractivity contribution in [2.45, 2.75) is 26.8 Å². The number of hydrogen-bond donors (Lipinski definition) is 1. The molecule has 2 rings (SSSR count). The van der Waals surface area contributed by atoms with Gasteiger partial charge in [-0.25, -0.2) is 0 Å². The zero-order chi connectivity index (χ0) is 15.2. The van der Waals surface area contributed by atoms with Crippen molar-refractivity contribution < 1.29 is 4.79 Å². The predicted octanol–water partition coefficient (Wildman–Crippen LogP) is 3.05. The lowest BCUT2D eigenvalue weighted by Gasteiger charge is -2.23. The molecule has 0 atom stereocenters. The van der Waals surface area contributed by atoms with Crippen molar-refractivity contribution in [3.05, 3.63) is 65.2 Å². The lowest BCUT2D eigenvalue weighted by atomic mass is 10.1. The van der Waals surface area contributed by atoms with Crippen LogP contribution in [0.1, 0.15) is 23.6 Å². The summed E-state index contributed by atoms with van der Waals surface area (Å²) in [5.74, 6) is 0.118. The first kappa shape index (κ1) is 15.3. The summed E-state index contributed by atoms with van der Waals surface area (Å²) in [6.45, 7) is 5.23. The van der Waals surface area contributed by atoms with Gasteiger partial charge < -0.3 is 10.6 Å². The van der Waals surface area contributed by atoms with E-state index in [0.717, 1.165) is 22.4 Å². The van der Waals surface area contributed by atoms with Gasteiger partial charge in [-0.1, -0.05) is 42.5 Å². The molecule has 0 spiro atoms. The number of carbonyl (C=O) groups is 1. The molecule has 2 N–H and O–H groups in total. The normalized spacial score (nSPS) is 10.4. The first-order chi connectivity index (χ1) is 10.2. The van der Waals surface area contributed by atoms with Gasteiger partial charge in [0, 0.05) is 18.8 Å².